The number of anilines is 1. The Labute approximate surface area is 289 Å². The van der Waals surface area contributed by atoms with Crippen LogP contribution in [0.3, 0.4) is 0 Å². The minimum absolute atomic E-state index is 0.00481. The van der Waals surface area contributed by atoms with Crippen molar-refractivity contribution in [3.05, 3.63) is 54.1 Å². The second-order valence-electron chi connectivity index (χ2n) is 12.8. The van der Waals surface area contributed by atoms with Gasteiger partial charge in [0.1, 0.15) is 36.4 Å². The fourth-order valence-electron chi connectivity index (χ4n) is 6.64. The van der Waals surface area contributed by atoms with Gasteiger partial charge in [0.2, 0.25) is 0 Å². The fourth-order valence-corrected chi connectivity index (χ4v) is 6.64. The Balaban J connectivity index is 1.19. The summed E-state index contributed by atoms with van der Waals surface area (Å²) in [5, 5.41) is 20.4. The Kier molecular flexibility index (Phi) is 15.2. The van der Waals surface area contributed by atoms with Crippen LogP contribution in [0.25, 0.3) is 0 Å². The average molecular weight is 688 g/mol. The Hall–Kier alpha value is -3.01. The summed E-state index contributed by atoms with van der Waals surface area (Å²) >= 11 is 0. The number of hydrogen-bond acceptors (Lipinski definition) is 13. The Bertz CT molecular complexity index is 1250. The number of methoxy groups -OCH3 is 1. The molecular weight excluding hydrogens is 634 g/mol. The molecule has 0 amide bonds. The van der Waals surface area contributed by atoms with Gasteiger partial charge in [-0.1, -0.05) is 30.7 Å². The largest absolute Gasteiger partial charge is 0.490 e. The van der Waals surface area contributed by atoms with Crippen molar-refractivity contribution >= 4 is 11.7 Å². The highest BCUT2D eigenvalue weighted by atomic mass is 17.1. The van der Waals surface area contributed by atoms with E-state index in [-0.39, 0.29) is 42.7 Å². The van der Waals surface area contributed by atoms with Gasteiger partial charge in [0.15, 0.2) is 0 Å². The van der Waals surface area contributed by atoms with Crippen molar-refractivity contribution in [3.63, 3.8) is 0 Å². The number of rotatable bonds is 19. The van der Waals surface area contributed by atoms with Crippen molar-refractivity contribution < 1.29 is 48.5 Å². The monoisotopic (exact) mass is 687 g/mol. The summed E-state index contributed by atoms with van der Waals surface area (Å²) < 4.78 is 36.8. The third-order valence-electron chi connectivity index (χ3n) is 9.18. The van der Waals surface area contributed by atoms with Gasteiger partial charge < -0.3 is 38.6 Å². The van der Waals surface area contributed by atoms with Gasteiger partial charge in [-0.25, -0.2) is 0 Å². The molecule has 2 fully saturated rings. The van der Waals surface area contributed by atoms with E-state index in [0.29, 0.717) is 52.2 Å². The molecular formula is C36H53N3O10. The maximum atomic E-state index is 12.9. The van der Waals surface area contributed by atoms with Crippen molar-refractivity contribution in [2.75, 3.05) is 58.0 Å². The number of ether oxygens (including phenoxy) is 6. The summed E-state index contributed by atoms with van der Waals surface area (Å²) in [6, 6.07) is 16.1. The molecule has 5 rings (SSSR count). The second-order valence-corrected chi connectivity index (χ2v) is 12.8. The smallest absolute Gasteiger partial charge is 0.306 e. The fraction of sp³-hybridized carbons (Fsp3) is 0.639. The van der Waals surface area contributed by atoms with E-state index >= 15 is 0 Å². The number of hydrogen-bond donors (Lipinski definition) is 3. The minimum atomic E-state index is -0.501. The first-order valence-electron chi connectivity index (χ1n) is 17.7. The van der Waals surface area contributed by atoms with Gasteiger partial charge in [0.25, 0.3) is 0 Å². The highest BCUT2D eigenvalue weighted by Gasteiger charge is 2.40. The molecule has 272 valence electrons. The third kappa shape index (κ3) is 12.1. The van der Waals surface area contributed by atoms with Gasteiger partial charge >= 0.3 is 5.97 Å². The summed E-state index contributed by atoms with van der Waals surface area (Å²) in [7, 11) is 1.72. The Morgan fingerprint density at radius 2 is 1.76 bits per heavy atom. The number of nitrogens with zero attached hydrogens (tertiary/aromatic N) is 2. The lowest BCUT2D eigenvalue weighted by atomic mass is 9.93. The standard InChI is InChI=1S/C36H53N3O10/c1-43-20-8-18-38-19-22-44-32-17-12-27(23-31(32)38)26-45-33-24-37-25-34(49-35(40)11-6-3-7-21-46-39(41)42)36(33)48-30-15-13-29(14-16-30)47-28-9-4-2-5-10-28/h2,4-5,9-10,12,17,23,29-30,33-34,36-37,41-42H,3,6-8,11,13-16,18-22,24-26H2,1H3. The van der Waals surface area contributed by atoms with Crippen LogP contribution in [-0.2, 0) is 35.2 Å². The lowest BCUT2D eigenvalue weighted by Crippen LogP contribution is -2.58. The van der Waals surface area contributed by atoms with Gasteiger partial charge in [0, 0.05) is 39.8 Å². The van der Waals surface area contributed by atoms with Gasteiger partial charge in [-0.15, -0.1) is 0 Å². The van der Waals surface area contributed by atoms with E-state index in [2.05, 4.69) is 21.1 Å². The number of piperidine rings is 1. The third-order valence-corrected chi connectivity index (χ3v) is 9.18. The van der Waals surface area contributed by atoms with Gasteiger partial charge in [-0.05, 0) is 74.8 Å². The lowest BCUT2D eigenvalue weighted by Gasteiger charge is -2.41. The molecule has 3 aliphatic rings. The predicted molar refractivity (Wildman–Crippen MR) is 180 cm³/mol. The molecule has 49 heavy (non-hydrogen) atoms. The number of nitrogens with one attached hydrogen (secondary N) is 1. The highest BCUT2D eigenvalue weighted by molar-refractivity contribution is 5.69. The van der Waals surface area contributed by atoms with Crippen LogP contribution in [-0.4, -0.2) is 105 Å². The first-order chi connectivity index (χ1) is 24.0. The van der Waals surface area contributed by atoms with E-state index in [1.54, 1.807) is 7.11 Å². The van der Waals surface area contributed by atoms with E-state index in [0.717, 1.165) is 67.9 Å². The molecule has 13 nitrogen and oxygen atoms in total. The average Bonchev–Trinajstić information content (AvgIpc) is 3.11. The Morgan fingerprint density at radius 1 is 0.959 bits per heavy atom. The molecule has 1 saturated carbocycles. The quantitative estimate of drug-likeness (QED) is 0.107. The topological polar surface area (TPSA) is 141 Å². The van der Waals surface area contributed by atoms with E-state index in [1.165, 1.54) is 0 Å². The van der Waals surface area contributed by atoms with Crippen molar-refractivity contribution in [3.8, 4) is 11.5 Å². The minimum Gasteiger partial charge on any atom is -0.490 e. The molecule has 0 radical (unpaired) electrons. The molecule has 3 N–H and O–H groups in total. The van der Waals surface area contributed by atoms with Gasteiger partial charge in [0.05, 0.1) is 43.0 Å². The summed E-state index contributed by atoms with van der Waals surface area (Å²) in [5.41, 5.74) is 2.10. The molecule has 0 bridgehead atoms. The van der Waals surface area contributed by atoms with Crippen molar-refractivity contribution in [2.45, 2.75) is 94.9 Å². The van der Waals surface area contributed by atoms with Crippen LogP contribution in [0.2, 0.25) is 0 Å². The zero-order valence-electron chi connectivity index (χ0n) is 28.6. The summed E-state index contributed by atoms with van der Waals surface area (Å²) in [6.45, 7) is 4.66. The van der Waals surface area contributed by atoms with Crippen molar-refractivity contribution in [1.82, 2.24) is 10.7 Å². The maximum Gasteiger partial charge on any atom is 0.306 e. The molecule has 3 atom stereocenters. The number of fused-ring (bicyclic) bond motifs is 1. The highest BCUT2D eigenvalue weighted by Crippen LogP contribution is 2.34. The molecule has 13 heteroatoms. The van der Waals surface area contributed by atoms with Gasteiger partial charge in [-0.3, -0.25) is 20.0 Å². The maximum absolute atomic E-state index is 12.9. The van der Waals surface area contributed by atoms with Crippen LogP contribution < -0.4 is 19.7 Å². The van der Waals surface area contributed by atoms with Crippen molar-refractivity contribution in [2.24, 2.45) is 0 Å². The summed E-state index contributed by atoms with van der Waals surface area (Å²) in [5.74, 6) is 1.47. The molecule has 2 heterocycles. The molecule has 1 aliphatic carbocycles. The van der Waals surface area contributed by atoms with Crippen LogP contribution in [0.15, 0.2) is 48.5 Å². The number of para-hydroxylation sites is 1. The molecule has 2 aromatic rings. The lowest BCUT2D eigenvalue weighted by molar-refractivity contribution is -0.492. The van der Waals surface area contributed by atoms with Crippen LogP contribution in [0.5, 0.6) is 11.5 Å². The SMILES string of the molecule is COCCCN1CCOc2ccc(COC3CNCC(OC(=O)CCCCCON(O)O)C3OC3CCC(Oc4ccccc4)CC3)cc21. The van der Waals surface area contributed by atoms with E-state index in [4.69, 9.17) is 38.8 Å². The predicted octanol–water partition coefficient (Wildman–Crippen LogP) is 4.67. The van der Waals surface area contributed by atoms with E-state index in [9.17, 15) is 4.79 Å². The van der Waals surface area contributed by atoms with Crippen LogP contribution in [0.4, 0.5) is 5.69 Å². The first kappa shape index (κ1) is 37.3. The number of carbonyl (C=O) groups excluding carboxylic acids is 1. The summed E-state index contributed by atoms with van der Waals surface area (Å²) in [6.07, 6.45) is 5.38. The van der Waals surface area contributed by atoms with Crippen LogP contribution in [0.1, 0.15) is 63.4 Å². The number of benzene rings is 2. The Morgan fingerprint density at radius 3 is 2.55 bits per heavy atom. The zero-order chi connectivity index (χ0) is 34.3. The molecule has 2 aromatic carbocycles. The number of carbonyl (C=O) groups is 1. The van der Waals surface area contributed by atoms with Crippen LogP contribution >= 0.6 is 0 Å². The number of unbranched alkanes of at least 4 members (excludes halogenated alkanes) is 2. The van der Waals surface area contributed by atoms with Crippen LogP contribution in [0, 0.1) is 0 Å². The van der Waals surface area contributed by atoms with Gasteiger partial charge in [-0.2, -0.15) is 0 Å². The van der Waals surface area contributed by atoms with E-state index in [1.807, 2.05) is 42.5 Å². The number of esters is 1. The molecule has 3 unspecified atom stereocenters. The van der Waals surface area contributed by atoms with E-state index < -0.39 is 12.2 Å². The molecule has 1 saturated heterocycles. The summed E-state index contributed by atoms with van der Waals surface area (Å²) in [4.78, 5) is 19.9. The molecule has 0 aromatic heterocycles. The molecule has 0 spiro atoms. The normalized spacial score (nSPS) is 23.9. The first-order valence-corrected chi connectivity index (χ1v) is 17.7. The zero-order valence-corrected chi connectivity index (χ0v) is 28.6. The second kappa shape index (κ2) is 20.0. The molecule has 2 aliphatic heterocycles. The van der Waals surface area contributed by atoms with Crippen molar-refractivity contribution in [1.29, 1.82) is 0 Å².